The van der Waals surface area contributed by atoms with Crippen LogP contribution in [0.1, 0.15) is 5.56 Å². The van der Waals surface area contributed by atoms with Crippen LogP contribution in [0.2, 0.25) is 0 Å². The maximum atomic E-state index is 12.5. The number of allylic oxidation sites excluding steroid dienone is 2. The minimum atomic E-state index is -4.38. The topological polar surface area (TPSA) is 36.4 Å². The molecule has 4 nitrogen and oxygen atoms in total. The summed E-state index contributed by atoms with van der Waals surface area (Å²) in [5, 5.41) is 0. The van der Waals surface area contributed by atoms with Gasteiger partial charge in [0.15, 0.2) is 0 Å². The summed E-state index contributed by atoms with van der Waals surface area (Å²) in [6.07, 6.45) is 3.88. The Morgan fingerprint density at radius 3 is 2.26 bits per heavy atom. The third-order valence-electron chi connectivity index (χ3n) is 4.02. The minimum Gasteiger partial charge on any atom is -0.353 e. The van der Waals surface area contributed by atoms with Crippen molar-refractivity contribution in [3.8, 4) is 0 Å². The molecule has 0 spiro atoms. The average Bonchev–Trinajstić information content (AvgIpc) is 3.08. The normalized spacial score (nSPS) is 18.7. The van der Waals surface area contributed by atoms with Crippen molar-refractivity contribution in [1.29, 1.82) is 0 Å². The van der Waals surface area contributed by atoms with Crippen molar-refractivity contribution in [2.75, 3.05) is 31.1 Å². The predicted octanol–water partition coefficient (Wildman–Crippen LogP) is 2.49. The van der Waals surface area contributed by atoms with Crippen molar-refractivity contribution >= 4 is 11.7 Å². The van der Waals surface area contributed by atoms with Gasteiger partial charge in [0.1, 0.15) is 5.82 Å². The predicted molar refractivity (Wildman–Crippen MR) is 79.8 cm³/mol. The smallest absolute Gasteiger partial charge is 0.353 e. The highest BCUT2D eigenvalue weighted by atomic mass is 19.4. The van der Waals surface area contributed by atoms with E-state index in [-0.39, 0.29) is 11.8 Å². The number of anilines is 1. The standard InChI is InChI=1S/C16H16F3N3O/c17-16(18,19)13-5-6-14(20-11-13)21-7-9-22(10-8-21)15(23)12-3-1-2-4-12/h1-6,11-12H,7-10H2. The molecule has 3 rings (SSSR count). The first-order valence-corrected chi connectivity index (χ1v) is 7.37. The zero-order chi connectivity index (χ0) is 16.4. The van der Waals surface area contributed by atoms with Gasteiger partial charge in [-0.2, -0.15) is 13.2 Å². The van der Waals surface area contributed by atoms with Crippen molar-refractivity contribution in [2.45, 2.75) is 6.18 Å². The van der Waals surface area contributed by atoms with Gasteiger partial charge in [-0.25, -0.2) is 4.98 Å². The first kappa shape index (κ1) is 15.6. The molecule has 1 fully saturated rings. The number of amides is 1. The summed E-state index contributed by atoms with van der Waals surface area (Å²) >= 11 is 0. The van der Waals surface area contributed by atoms with Crippen molar-refractivity contribution < 1.29 is 18.0 Å². The maximum Gasteiger partial charge on any atom is 0.417 e. The average molecular weight is 323 g/mol. The van der Waals surface area contributed by atoms with Crippen molar-refractivity contribution in [2.24, 2.45) is 5.92 Å². The van der Waals surface area contributed by atoms with Crippen LogP contribution in [0.4, 0.5) is 19.0 Å². The van der Waals surface area contributed by atoms with Gasteiger partial charge in [-0.15, -0.1) is 0 Å². The summed E-state index contributed by atoms with van der Waals surface area (Å²) < 4.78 is 37.6. The molecule has 23 heavy (non-hydrogen) atoms. The van der Waals surface area contributed by atoms with E-state index in [1.807, 2.05) is 29.2 Å². The van der Waals surface area contributed by atoms with Crippen LogP contribution in [0, 0.1) is 5.92 Å². The van der Waals surface area contributed by atoms with E-state index in [1.54, 1.807) is 4.90 Å². The fourth-order valence-electron chi connectivity index (χ4n) is 2.70. The number of pyridine rings is 1. The molecule has 0 saturated carbocycles. The lowest BCUT2D eigenvalue weighted by atomic mass is 10.1. The molecule has 1 aromatic heterocycles. The monoisotopic (exact) mass is 323 g/mol. The molecule has 0 atom stereocenters. The molecule has 1 amide bonds. The van der Waals surface area contributed by atoms with E-state index >= 15 is 0 Å². The molecular formula is C16H16F3N3O. The molecule has 0 aromatic carbocycles. The van der Waals surface area contributed by atoms with Gasteiger partial charge in [0.2, 0.25) is 5.91 Å². The number of nitrogens with zero attached hydrogens (tertiary/aromatic N) is 3. The van der Waals surface area contributed by atoms with Gasteiger partial charge in [-0.3, -0.25) is 4.79 Å². The highest BCUT2D eigenvalue weighted by molar-refractivity contribution is 5.83. The Morgan fingerprint density at radius 1 is 1.09 bits per heavy atom. The summed E-state index contributed by atoms with van der Waals surface area (Å²) in [6.45, 7) is 2.20. The lowest BCUT2D eigenvalue weighted by molar-refractivity contribution is -0.138. The minimum absolute atomic E-state index is 0.0648. The molecule has 0 radical (unpaired) electrons. The van der Waals surface area contributed by atoms with Gasteiger partial charge >= 0.3 is 6.18 Å². The van der Waals surface area contributed by atoms with E-state index in [4.69, 9.17) is 0 Å². The second-order valence-corrected chi connectivity index (χ2v) is 5.51. The molecule has 1 aliphatic carbocycles. The van der Waals surface area contributed by atoms with Gasteiger partial charge in [-0.05, 0) is 12.1 Å². The van der Waals surface area contributed by atoms with Crippen LogP contribution < -0.4 is 4.90 Å². The van der Waals surface area contributed by atoms with Crippen LogP contribution in [0.3, 0.4) is 0 Å². The SMILES string of the molecule is O=C(C1C=CC=C1)N1CCN(c2ccc(C(F)(F)F)cn2)CC1. The third kappa shape index (κ3) is 3.38. The number of hydrogen-bond donors (Lipinski definition) is 0. The molecule has 2 heterocycles. The highest BCUT2D eigenvalue weighted by Gasteiger charge is 2.31. The molecular weight excluding hydrogens is 307 g/mol. The Labute approximate surface area is 131 Å². The summed E-state index contributed by atoms with van der Waals surface area (Å²) in [5.74, 6) is 0.381. The number of carbonyl (C=O) groups excluding carboxylic acids is 1. The van der Waals surface area contributed by atoms with Gasteiger partial charge in [0.05, 0.1) is 11.5 Å². The Morgan fingerprint density at radius 2 is 1.74 bits per heavy atom. The van der Waals surface area contributed by atoms with Crippen LogP contribution in [-0.4, -0.2) is 42.0 Å². The number of piperazine rings is 1. The molecule has 0 N–H and O–H groups in total. The van der Waals surface area contributed by atoms with Crippen molar-refractivity contribution in [1.82, 2.24) is 9.88 Å². The Kier molecular flexibility index (Phi) is 4.11. The van der Waals surface area contributed by atoms with Gasteiger partial charge in [-0.1, -0.05) is 24.3 Å². The number of aromatic nitrogens is 1. The van der Waals surface area contributed by atoms with Gasteiger partial charge in [0, 0.05) is 32.4 Å². The summed E-state index contributed by atoms with van der Waals surface area (Å²) in [6, 6.07) is 2.41. The molecule has 1 aliphatic heterocycles. The van der Waals surface area contributed by atoms with E-state index in [1.165, 1.54) is 6.07 Å². The van der Waals surface area contributed by atoms with Crippen LogP contribution >= 0.6 is 0 Å². The first-order valence-electron chi connectivity index (χ1n) is 7.37. The molecule has 1 saturated heterocycles. The summed E-state index contributed by atoms with van der Waals surface area (Å²) in [5.41, 5.74) is -0.755. The Hall–Kier alpha value is -2.31. The third-order valence-corrected chi connectivity index (χ3v) is 4.02. The Bertz CT molecular complexity index is 617. The molecule has 0 bridgehead atoms. The lowest BCUT2D eigenvalue weighted by Crippen LogP contribution is -2.50. The fraction of sp³-hybridized carbons (Fsp3) is 0.375. The van der Waals surface area contributed by atoms with Crippen LogP contribution in [0.5, 0.6) is 0 Å². The van der Waals surface area contributed by atoms with E-state index in [0.29, 0.717) is 32.0 Å². The van der Waals surface area contributed by atoms with Gasteiger partial charge in [0.25, 0.3) is 0 Å². The van der Waals surface area contributed by atoms with Crippen molar-refractivity contribution in [3.63, 3.8) is 0 Å². The van der Waals surface area contributed by atoms with Crippen LogP contribution in [0.15, 0.2) is 42.6 Å². The van der Waals surface area contributed by atoms with E-state index < -0.39 is 11.7 Å². The van der Waals surface area contributed by atoms with Crippen LogP contribution in [-0.2, 0) is 11.0 Å². The number of alkyl halides is 3. The molecule has 122 valence electrons. The zero-order valence-corrected chi connectivity index (χ0v) is 12.3. The number of carbonyl (C=O) groups is 1. The molecule has 7 heteroatoms. The van der Waals surface area contributed by atoms with E-state index in [9.17, 15) is 18.0 Å². The number of hydrogen-bond acceptors (Lipinski definition) is 3. The lowest BCUT2D eigenvalue weighted by Gasteiger charge is -2.36. The maximum absolute atomic E-state index is 12.5. The van der Waals surface area contributed by atoms with E-state index in [2.05, 4.69) is 4.98 Å². The summed E-state index contributed by atoms with van der Waals surface area (Å²) in [7, 11) is 0. The quantitative estimate of drug-likeness (QED) is 0.839. The molecule has 0 unspecified atom stereocenters. The second-order valence-electron chi connectivity index (χ2n) is 5.51. The second kappa shape index (κ2) is 6.06. The number of halogens is 3. The molecule has 2 aliphatic rings. The van der Waals surface area contributed by atoms with Crippen molar-refractivity contribution in [3.05, 3.63) is 48.2 Å². The van der Waals surface area contributed by atoms with Crippen LogP contribution in [0.25, 0.3) is 0 Å². The number of rotatable bonds is 2. The largest absolute Gasteiger partial charge is 0.417 e. The first-order chi connectivity index (χ1) is 10.9. The zero-order valence-electron chi connectivity index (χ0n) is 12.3. The van der Waals surface area contributed by atoms with Gasteiger partial charge < -0.3 is 9.80 Å². The molecule has 1 aromatic rings. The van der Waals surface area contributed by atoms with E-state index in [0.717, 1.165) is 12.3 Å². The fourth-order valence-corrected chi connectivity index (χ4v) is 2.70. The summed E-state index contributed by atoms with van der Waals surface area (Å²) in [4.78, 5) is 19.8. The highest BCUT2D eigenvalue weighted by Crippen LogP contribution is 2.29. The Balaban J connectivity index is 1.59.